The van der Waals surface area contributed by atoms with E-state index in [0.717, 1.165) is 25.9 Å². The maximum Gasteiger partial charge on any atom is 0.244 e. The molecular formula is C9H15N3O2. The van der Waals surface area contributed by atoms with Gasteiger partial charge in [0.2, 0.25) is 11.8 Å². The van der Waals surface area contributed by atoms with Gasteiger partial charge in [-0.05, 0) is 12.8 Å². The normalized spacial score (nSPS) is 23.1. The predicted octanol–water partition coefficient (Wildman–Crippen LogP) is -0.750. The Bertz CT molecular complexity index is 250. The maximum atomic E-state index is 11.5. The Hall–Kier alpha value is -1.10. The molecule has 2 fully saturated rings. The van der Waals surface area contributed by atoms with Crippen molar-refractivity contribution >= 4 is 11.8 Å². The van der Waals surface area contributed by atoms with Crippen LogP contribution in [0.15, 0.2) is 0 Å². The molecule has 5 nitrogen and oxygen atoms in total. The lowest BCUT2D eigenvalue weighted by molar-refractivity contribution is -0.145. The van der Waals surface area contributed by atoms with Crippen LogP contribution in [0.25, 0.3) is 0 Å². The zero-order chi connectivity index (χ0) is 9.97. The number of hydrogen-bond donors (Lipinski definition) is 2. The molecule has 78 valence electrons. The minimum atomic E-state index is -0.0287. The lowest BCUT2D eigenvalue weighted by atomic mass is 10.0. The van der Waals surface area contributed by atoms with Crippen molar-refractivity contribution in [2.45, 2.75) is 19.3 Å². The number of amides is 2. The largest absolute Gasteiger partial charge is 0.315 e. The summed E-state index contributed by atoms with van der Waals surface area (Å²) in [5.74, 6) is 0.0561. The molecule has 0 aromatic heterocycles. The van der Waals surface area contributed by atoms with E-state index in [1.165, 1.54) is 5.01 Å². The second-order valence-corrected chi connectivity index (χ2v) is 3.83. The summed E-state index contributed by atoms with van der Waals surface area (Å²) in [4.78, 5) is 22.8. The topological polar surface area (TPSA) is 61.4 Å². The third-order valence-electron chi connectivity index (χ3n) is 2.72. The van der Waals surface area contributed by atoms with Crippen molar-refractivity contribution in [3.05, 3.63) is 0 Å². The van der Waals surface area contributed by atoms with Gasteiger partial charge in [-0.3, -0.25) is 20.0 Å². The van der Waals surface area contributed by atoms with Crippen LogP contribution in [0.4, 0.5) is 0 Å². The van der Waals surface area contributed by atoms with Crippen LogP contribution in [0.3, 0.4) is 0 Å². The summed E-state index contributed by atoms with van der Waals surface area (Å²) in [6.45, 7) is 2.12. The van der Waals surface area contributed by atoms with Crippen LogP contribution in [0, 0.1) is 5.92 Å². The smallest absolute Gasteiger partial charge is 0.244 e. The molecule has 0 spiro atoms. The molecule has 2 heterocycles. The van der Waals surface area contributed by atoms with Crippen LogP contribution < -0.4 is 10.7 Å². The number of nitrogens with one attached hydrogen (secondary N) is 2. The van der Waals surface area contributed by atoms with Crippen LogP contribution in [0.5, 0.6) is 0 Å². The molecule has 0 radical (unpaired) electrons. The fraction of sp³-hybridized carbons (Fsp3) is 0.778. The van der Waals surface area contributed by atoms with Crippen LogP contribution in [-0.2, 0) is 9.59 Å². The van der Waals surface area contributed by atoms with Crippen molar-refractivity contribution in [3.63, 3.8) is 0 Å². The van der Waals surface area contributed by atoms with E-state index in [9.17, 15) is 9.59 Å². The van der Waals surface area contributed by atoms with Gasteiger partial charge in [-0.25, -0.2) is 0 Å². The zero-order valence-electron chi connectivity index (χ0n) is 8.08. The van der Waals surface area contributed by atoms with E-state index in [4.69, 9.17) is 0 Å². The Labute approximate surface area is 82.8 Å². The molecule has 2 N–H and O–H groups in total. The minimum Gasteiger partial charge on any atom is -0.315 e. The van der Waals surface area contributed by atoms with Crippen molar-refractivity contribution in [2.75, 3.05) is 19.6 Å². The SMILES string of the molecule is O=C(NN1CCCCC1=O)C1CNC1. The Morgan fingerprint density at radius 2 is 2.21 bits per heavy atom. The molecule has 5 heteroatoms. The highest BCUT2D eigenvalue weighted by molar-refractivity contribution is 5.84. The van der Waals surface area contributed by atoms with Crippen molar-refractivity contribution in [3.8, 4) is 0 Å². The van der Waals surface area contributed by atoms with Gasteiger partial charge in [-0.1, -0.05) is 0 Å². The summed E-state index contributed by atoms with van der Waals surface area (Å²) in [6, 6.07) is 0. The minimum absolute atomic E-state index is 0.0287. The summed E-state index contributed by atoms with van der Waals surface area (Å²) in [7, 11) is 0. The van der Waals surface area contributed by atoms with E-state index in [0.29, 0.717) is 13.0 Å². The number of nitrogens with zero attached hydrogens (tertiary/aromatic N) is 1. The average molecular weight is 197 g/mol. The van der Waals surface area contributed by atoms with Crippen LogP contribution in [-0.4, -0.2) is 36.5 Å². The molecule has 0 aromatic carbocycles. The molecule has 2 amide bonds. The van der Waals surface area contributed by atoms with E-state index in [-0.39, 0.29) is 17.7 Å². The van der Waals surface area contributed by atoms with E-state index < -0.39 is 0 Å². The number of hydrazine groups is 1. The van der Waals surface area contributed by atoms with E-state index in [2.05, 4.69) is 10.7 Å². The molecule has 0 saturated carbocycles. The fourth-order valence-corrected chi connectivity index (χ4v) is 1.62. The first-order chi connectivity index (χ1) is 6.77. The standard InChI is InChI=1S/C9H15N3O2/c13-8-3-1-2-4-12(8)11-9(14)7-5-10-6-7/h7,10H,1-6H2,(H,11,14). The van der Waals surface area contributed by atoms with Crippen molar-refractivity contribution < 1.29 is 9.59 Å². The Morgan fingerprint density at radius 3 is 2.79 bits per heavy atom. The summed E-state index contributed by atoms with van der Waals surface area (Å²) in [6.07, 6.45) is 2.48. The molecule has 2 rings (SSSR count). The number of carbonyl (C=O) groups excluding carboxylic acids is 2. The van der Waals surface area contributed by atoms with Gasteiger partial charge in [0.25, 0.3) is 0 Å². The van der Waals surface area contributed by atoms with Crippen LogP contribution in [0.1, 0.15) is 19.3 Å². The Morgan fingerprint density at radius 1 is 1.43 bits per heavy atom. The summed E-state index contributed by atoms with van der Waals surface area (Å²) < 4.78 is 0. The highest BCUT2D eigenvalue weighted by Gasteiger charge is 2.28. The molecule has 0 aliphatic carbocycles. The van der Waals surface area contributed by atoms with Gasteiger partial charge in [0.1, 0.15) is 0 Å². The maximum absolute atomic E-state index is 11.5. The highest BCUT2D eigenvalue weighted by atomic mass is 16.2. The third kappa shape index (κ3) is 1.87. The first-order valence-electron chi connectivity index (χ1n) is 5.09. The van der Waals surface area contributed by atoms with Gasteiger partial charge in [-0.15, -0.1) is 0 Å². The Balaban J connectivity index is 1.82. The average Bonchev–Trinajstić information content (AvgIpc) is 2.05. The Kier molecular flexibility index (Phi) is 2.67. The predicted molar refractivity (Wildman–Crippen MR) is 50.1 cm³/mol. The molecule has 0 aromatic rings. The van der Waals surface area contributed by atoms with Gasteiger partial charge in [0.05, 0.1) is 5.92 Å². The molecule has 0 bridgehead atoms. The van der Waals surface area contributed by atoms with Gasteiger partial charge >= 0.3 is 0 Å². The van der Waals surface area contributed by atoms with E-state index in [1.807, 2.05) is 0 Å². The molecule has 2 aliphatic rings. The molecular weight excluding hydrogens is 182 g/mol. The van der Waals surface area contributed by atoms with E-state index >= 15 is 0 Å². The molecule has 2 saturated heterocycles. The second-order valence-electron chi connectivity index (χ2n) is 3.83. The number of piperidine rings is 1. The zero-order valence-corrected chi connectivity index (χ0v) is 8.08. The molecule has 0 unspecified atom stereocenters. The van der Waals surface area contributed by atoms with Crippen LogP contribution in [0.2, 0.25) is 0 Å². The van der Waals surface area contributed by atoms with Crippen molar-refractivity contribution in [1.82, 2.24) is 15.8 Å². The first-order valence-corrected chi connectivity index (χ1v) is 5.09. The third-order valence-corrected chi connectivity index (χ3v) is 2.72. The lowest BCUT2D eigenvalue weighted by Crippen LogP contribution is -2.56. The number of rotatable bonds is 2. The number of carbonyl (C=O) groups is 2. The molecule has 0 atom stereocenters. The summed E-state index contributed by atoms with van der Waals surface area (Å²) in [5.41, 5.74) is 2.68. The lowest BCUT2D eigenvalue weighted by Gasteiger charge is -2.31. The highest BCUT2D eigenvalue weighted by Crippen LogP contribution is 2.09. The second kappa shape index (κ2) is 3.96. The van der Waals surface area contributed by atoms with Gasteiger partial charge in [-0.2, -0.15) is 0 Å². The molecule has 2 aliphatic heterocycles. The molecule has 14 heavy (non-hydrogen) atoms. The van der Waals surface area contributed by atoms with Gasteiger partial charge in [0.15, 0.2) is 0 Å². The van der Waals surface area contributed by atoms with Crippen molar-refractivity contribution in [2.24, 2.45) is 5.92 Å². The fourth-order valence-electron chi connectivity index (χ4n) is 1.62. The monoisotopic (exact) mass is 197 g/mol. The van der Waals surface area contributed by atoms with Gasteiger partial charge in [0, 0.05) is 26.1 Å². The van der Waals surface area contributed by atoms with E-state index in [1.54, 1.807) is 0 Å². The first kappa shape index (κ1) is 9.45. The quantitative estimate of drug-likeness (QED) is 0.612. The van der Waals surface area contributed by atoms with Crippen molar-refractivity contribution in [1.29, 1.82) is 0 Å². The summed E-state index contributed by atoms with van der Waals surface area (Å²) >= 11 is 0. The summed E-state index contributed by atoms with van der Waals surface area (Å²) in [5, 5.41) is 4.49. The van der Waals surface area contributed by atoms with Gasteiger partial charge < -0.3 is 5.32 Å². The van der Waals surface area contributed by atoms with Crippen LogP contribution >= 0.6 is 0 Å². The number of hydrogen-bond acceptors (Lipinski definition) is 3.